The van der Waals surface area contributed by atoms with Crippen LogP contribution in [0.4, 0.5) is 11.4 Å². The number of likely N-dealkylation sites (N-methyl/N-ethyl adjacent to an activating group) is 1. The molecule has 5 nitrogen and oxygen atoms in total. The first-order valence-corrected chi connectivity index (χ1v) is 8.15. The molecule has 5 heteroatoms. The number of hydrogen-bond donors (Lipinski definition) is 1. The molecule has 1 aliphatic rings. The van der Waals surface area contributed by atoms with E-state index in [4.69, 9.17) is 4.74 Å². The molecule has 24 heavy (non-hydrogen) atoms. The lowest BCUT2D eigenvalue weighted by Gasteiger charge is -2.35. The monoisotopic (exact) mass is 325 g/mol. The van der Waals surface area contributed by atoms with E-state index < -0.39 is 0 Å². The van der Waals surface area contributed by atoms with E-state index in [1.807, 2.05) is 30.3 Å². The molecule has 0 bridgehead atoms. The summed E-state index contributed by atoms with van der Waals surface area (Å²) in [7, 11) is 3.73. The molecule has 0 atom stereocenters. The molecule has 0 radical (unpaired) electrons. The average molecular weight is 325 g/mol. The maximum atomic E-state index is 12.6. The number of amides is 1. The molecule has 0 spiro atoms. The zero-order valence-corrected chi connectivity index (χ0v) is 14.2. The summed E-state index contributed by atoms with van der Waals surface area (Å²) in [5, 5.41) is 3.04. The molecule has 0 aliphatic carbocycles. The van der Waals surface area contributed by atoms with Crippen LogP contribution in [0.5, 0.6) is 5.75 Å². The lowest BCUT2D eigenvalue weighted by molar-refractivity contribution is 0.102. The van der Waals surface area contributed by atoms with Crippen LogP contribution in [0, 0.1) is 0 Å². The number of benzene rings is 2. The molecule has 126 valence electrons. The Bertz CT molecular complexity index is 709. The summed E-state index contributed by atoms with van der Waals surface area (Å²) in [6, 6.07) is 15.1. The van der Waals surface area contributed by atoms with Crippen molar-refractivity contribution in [1.82, 2.24) is 4.90 Å². The van der Waals surface area contributed by atoms with E-state index in [0.29, 0.717) is 11.3 Å². The van der Waals surface area contributed by atoms with Gasteiger partial charge in [-0.05, 0) is 37.4 Å². The number of nitrogens with one attached hydrogen (secondary N) is 1. The summed E-state index contributed by atoms with van der Waals surface area (Å²) in [6.45, 7) is 3.97. The normalized spacial score (nSPS) is 15.2. The second-order valence-electron chi connectivity index (χ2n) is 5.99. The number of rotatable bonds is 4. The summed E-state index contributed by atoms with van der Waals surface area (Å²) in [4.78, 5) is 17.2. The first-order valence-electron chi connectivity index (χ1n) is 8.15. The summed E-state index contributed by atoms with van der Waals surface area (Å²) in [5.74, 6) is 0.547. The summed E-state index contributed by atoms with van der Waals surface area (Å²) >= 11 is 0. The quantitative estimate of drug-likeness (QED) is 0.939. The van der Waals surface area contributed by atoms with Crippen molar-refractivity contribution < 1.29 is 9.53 Å². The third-order valence-electron chi connectivity index (χ3n) is 4.33. The van der Waals surface area contributed by atoms with Gasteiger partial charge < -0.3 is 19.9 Å². The highest BCUT2D eigenvalue weighted by molar-refractivity contribution is 6.06. The van der Waals surface area contributed by atoms with Gasteiger partial charge in [0.15, 0.2) is 0 Å². The van der Waals surface area contributed by atoms with E-state index >= 15 is 0 Å². The molecule has 0 unspecified atom stereocenters. The number of carbonyl (C=O) groups excluding carboxylic acids is 1. The highest BCUT2D eigenvalue weighted by Crippen LogP contribution is 2.27. The van der Waals surface area contributed by atoms with Gasteiger partial charge in [-0.1, -0.05) is 18.2 Å². The van der Waals surface area contributed by atoms with Crippen LogP contribution in [-0.2, 0) is 0 Å². The predicted molar refractivity (Wildman–Crippen MR) is 97.1 cm³/mol. The number of carbonyl (C=O) groups is 1. The minimum atomic E-state index is -0.129. The third-order valence-corrected chi connectivity index (χ3v) is 4.33. The third kappa shape index (κ3) is 3.68. The van der Waals surface area contributed by atoms with Crippen molar-refractivity contribution >= 4 is 17.3 Å². The van der Waals surface area contributed by atoms with Crippen LogP contribution in [0.15, 0.2) is 48.5 Å². The first-order chi connectivity index (χ1) is 11.7. The molecule has 1 heterocycles. The second-order valence-corrected chi connectivity index (χ2v) is 5.99. The number of piperazine rings is 1. The largest absolute Gasteiger partial charge is 0.497 e. The molecule has 2 aromatic carbocycles. The maximum absolute atomic E-state index is 12.6. The Morgan fingerprint density at radius 3 is 2.54 bits per heavy atom. The fraction of sp³-hybridized carbons (Fsp3) is 0.316. The van der Waals surface area contributed by atoms with Crippen molar-refractivity contribution in [2.24, 2.45) is 0 Å². The van der Waals surface area contributed by atoms with Crippen molar-refractivity contribution in [2.75, 3.05) is 50.6 Å². The van der Waals surface area contributed by atoms with Gasteiger partial charge in [0.25, 0.3) is 5.91 Å². The molecular formula is C19H23N3O2. The SMILES string of the molecule is COc1cccc(C(=O)Nc2ccccc2N2CCN(C)CC2)c1. The number of nitrogens with zero attached hydrogens (tertiary/aromatic N) is 2. The molecule has 1 amide bonds. The fourth-order valence-electron chi connectivity index (χ4n) is 2.86. The second kappa shape index (κ2) is 7.36. The Labute approximate surface area is 142 Å². The lowest BCUT2D eigenvalue weighted by Crippen LogP contribution is -2.44. The van der Waals surface area contributed by atoms with Crippen LogP contribution in [0.3, 0.4) is 0 Å². The predicted octanol–water partition coefficient (Wildman–Crippen LogP) is 2.70. The molecule has 1 aliphatic heterocycles. The minimum absolute atomic E-state index is 0.129. The molecule has 1 fully saturated rings. The first kappa shape index (κ1) is 16.3. The average Bonchev–Trinajstić information content (AvgIpc) is 2.63. The highest BCUT2D eigenvalue weighted by atomic mass is 16.5. The van der Waals surface area contributed by atoms with Gasteiger partial charge in [0.2, 0.25) is 0 Å². The Hall–Kier alpha value is -2.53. The standard InChI is InChI=1S/C19H23N3O2/c1-21-10-12-22(13-11-21)18-9-4-3-8-17(18)20-19(23)15-6-5-7-16(14-15)24-2/h3-9,14H,10-13H2,1-2H3,(H,20,23). The van der Waals surface area contributed by atoms with E-state index in [1.165, 1.54) is 0 Å². The molecule has 2 aromatic rings. The number of para-hydroxylation sites is 2. The van der Waals surface area contributed by atoms with Gasteiger partial charge >= 0.3 is 0 Å². The van der Waals surface area contributed by atoms with Crippen LogP contribution >= 0.6 is 0 Å². The van der Waals surface area contributed by atoms with Gasteiger partial charge in [0.1, 0.15) is 5.75 Å². The van der Waals surface area contributed by atoms with E-state index in [-0.39, 0.29) is 5.91 Å². The minimum Gasteiger partial charge on any atom is -0.497 e. The lowest BCUT2D eigenvalue weighted by atomic mass is 10.1. The Morgan fingerprint density at radius 1 is 1.04 bits per heavy atom. The Morgan fingerprint density at radius 2 is 1.79 bits per heavy atom. The van der Waals surface area contributed by atoms with Crippen LogP contribution < -0.4 is 15.0 Å². The van der Waals surface area contributed by atoms with Crippen LogP contribution in [0.2, 0.25) is 0 Å². The van der Waals surface area contributed by atoms with Crippen LogP contribution in [0.1, 0.15) is 10.4 Å². The summed E-state index contributed by atoms with van der Waals surface area (Å²) in [5.41, 5.74) is 2.50. The molecule has 0 aromatic heterocycles. The highest BCUT2D eigenvalue weighted by Gasteiger charge is 2.18. The van der Waals surface area contributed by atoms with Crippen molar-refractivity contribution in [3.8, 4) is 5.75 Å². The van der Waals surface area contributed by atoms with Gasteiger partial charge in [-0.3, -0.25) is 4.79 Å². The van der Waals surface area contributed by atoms with E-state index in [1.54, 1.807) is 19.2 Å². The number of hydrogen-bond acceptors (Lipinski definition) is 4. The summed E-state index contributed by atoms with van der Waals surface area (Å²) in [6.07, 6.45) is 0. The molecule has 0 saturated carbocycles. The van der Waals surface area contributed by atoms with E-state index in [9.17, 15) is 4.79 Å². The van der Waals surface area contributed by atoms with Gasteiger partial charge in [-0.2, -0.15) is 0 Å². The van der Waals surface area contributed by atoms with E-state index in [0.717, 1.165) is 37.6 Å². The van der Waals surface area contributed by atoms with Crippen LogP contribution in [0.25, 0.3) is 0 Å². The van der Waals surface area contributed by atoms with Gasteiger partial charge in [-0.25, -0.2) is 0 Å². The van der Waals surface area contributed by atoms with Crippen molar-refractivity contribution in [3.63, 3.8) is 0 Å². The zero-order chi connectivity index (χ0) is 16.9. The number of anilines is 2. The molecular weight excluding hydrogens is 302 g/mol. The molecule has 3 rings (SSSR count). The summed E-state index contributed by atoms with van der Waals surface area (Å²) < 4.78 is 5.19. The van der Waals surface area contributed by atoms with Crippen molar-refractivity contribution in [1.29, 1.82) is 0 Å². The fourth-order valence-corrected chi connectivity index (χ4v) is 2.86. The Kier molecular flexibility index (Phi) is 5.01. The van der Waals surface area contributed by atoms with Crippen molar-refractivity contribution in [3.05, 3.63) is 54.1 Å². The van der Waals surface area contributed by atoms with Crippen molar-refractivity contribution in [2.45, 2.75) is 0 Å². The number of ether oxygens (including phenoxy) is 1. The number of methoxy groups -OCH3 is 1. The topological polar surface area (TPSA) is 44.8 Å². The van der Waals surface area contributed by atoms with Gasteiger partial charge in [0, 0.05) is 31.7 Å². The van der Waals surface area contributed by atoms with Crippen LogP contribution in [-0.4, -0.2) is 51.1 Å². The van der Waals surface area contributed by atoms with E-state index in [2.05, 4.69) is 28.2 Å². The molecule has 1 N–H and O–H groups in total. The Balaban J connectivity index is 1.78. The van der Waals surface area contributed by atoms with Gasteiger partial charge in [0.05, 0.1) is 18.5 Å². The molecule has 1 saturated heterocycles. The van der Waals surface area contributed by atoms with Gasteiger partial charge in [-0.15, -0.1) is 0 Å². The smallest absolute Gasteiger partial charge is 0.255 e. The maximum Gasteiger partial charge on any atom is 0.255 e. The zero-order valence-electron chi connectivity index (χ0n) is 14.2.